The number of rotatable bonds is 5. The molecule has 2 aromatic carbocycles. The lowest BCUT2D eigenvalue weighted by Gasteiger charge is -2.39. The molecular weight excluding hydrogens is 395 g/mol. The second-order valence-electron chi connectivity index (χ2n) is 8.19. The molecule has 0 unspecified atom stereocenters. The quantitative estimate of drug-likeness (QED) is 0.691. The Bertz CT molecular complexity index is 917. The normalized spacial score (nSPS) is 17.7. The molecule has 7 heteroatoms. The van der Waals surface area contributed by atoms with Crippen molar-refractivity contribution in [3.63, 3.8) is 0 Å². The van der Waals surface area contributed by atoms with Gasteiger partial charge in [0.15, 0.2) is 5.78 Å². The second kappa shape index (κ2) is 9.47. The van der Waals surface area contributed by atoms with Gasteiger partial charge in [0, 0.05) is 63.6 Å². The van der Waals surface area contributed by atoms with Crippen LogP contribution in [0.15, 0.2) is 48.5 Å². The molecule has 0 aromatic heterocycles. The van der Waals surface area contributed by atoms with Crippen LogP contribution in [0, 0.1) is 5.82 Å². The maximum Gasteiger partial charge on any atom is 0.236 e. The first-order chi connectivity index (χ1) is 15.0. The molecule has 2 aromatic rings. The van der Waals surface area contributed by atoms with E-state index in [0.717, 1.165) is 37.4 Å². The van der Waals surface area contributed by atoms with Crippen LogP contribution < -0.4 is 9.80 Å². The fourth-order valence-electron chi connectivity index (χ4n) is 4.27. The Balaban J connectivity index is 1.23. The molecule has 0 spiro atoms. The van der Waals surface area contributed by atoms with Gasteiger partial charge in [-0.1, -0.05) is 12.1 Å². The maximum atomic E-state index is 14.0. The summed E-state index contributed by atoms with van der Waals surface area (Å²) in [5.74, 6) is 0.00754. The summed E-state index contributed by atoms with van der Waals surface area (Å²) in [7, 11) is 0. The molecule has 1 amide bonds. The van der Waals surface area contributed by atoms with Crippen LogP contribution in [0.3, 0.4) is 0 Å². The molecule has 6 nitrogen and oxygen atoms in total. The van der Waals surface area contributed by atoms with E-state index in [1.165, 1.54) is 6.07 Å². The van der Waals surface area contributed by atoms with Crippen molar-refractivity contribution in [2.75, 3.05) is 68.7 Å². The highest BCUT2D eigenvalue weighted by molar-refractivity contribution is 5.94. The molecule has 0 saturated carbocycles. The molecule has 2 aliphatic heterocycles. The summed E-state index contributed by atoms with van der Waals surface area (Å²) in [6, 6.07) is 14.5. The van der Waals surface area contributed by atoms with Gasteiger partial charge in [-0.3, -0.25) is 14.5 Å². The van der Waals surface area contributed by atoms with E-state index in [2.05, 4.69) is 9.80 Å². The van der Waals surface area contributed by atoms with Crippen LogP contribution in [0.25, 0.3) is 0 Å². The predicted molar refractivity (Wildman–Crippen MR) is 120 cm³/mol. The van der Waals surface area contributed by atoms with Gasteiger partial charge in [-0.2, -0.15) is 0 Å². The van der Waals surface area contributed by atoms with Gasteiger partial charge < -0.3 is 14.7 Å². The van der Waals surface area contributed by atoms with E-state index in [0.29, 0.717) is 38.4 Å². The van der Waals surface area contributed by atoms with Gasteiger partial charge in [0.1, 0.15) is 5.82 Å². The Kier molecular flexibility index (Phi) is 6.51. The van der Waals surface area contributed by atoms with Gasteiger partial charge >= 0.3 is 0 Å². The molecule has 0 radical (unpaired) electrons. The van der Waals surface area contributed by atoms with Gasteiger partial charge in [-0.25, -0.2) is 4.39 Å². The number of amides is 1. The molecule has 2 saturated heterocycles. The summed E-state index contributed by atoms with van der Waals surface area (Å²) in [5, 5.41) is 0. The zero-order chi connectivity index (χ0) is 21.8. The van der Waals surface area contributed by atoms with Crippen LogP contribution in [0.4, 0.5) is 15.8 Å². The van der Waals surface area contributed by atoms with E-state index >= 15 is 0 Å². The third-order valence-corrected chi connectivity index (χ3v) is 6.20. The molecule has 31 heavy (non-hydrogen) atoms. The number of benzene rings is 2. The first-order valence-corrected chi connectivity index (χ1v) is 10.9. The second-order valence-corrected chi connectivity index (χ2v) is 8.19. The van der Waals surface area contributed by atoms with Crippen molar-refractivity contribution in [3.8, 4) is 0 Å². The average Bonchev–Trinajstić information content (AvgIpc) is 2.80. The first kappa shape index (κ1) is 21.3. The van der Waals surface area contributed by atoms with Gasteiger partial charge in [-0.05, 0) is 43.3 Å². The number of carbonyl (C=O) groups is 2. The number of ketones is 1. The molecule has 164 valence electrons. The number of nitrogens with zero attached hydrogens (tertiary/aromatic N) is 4. The van der Waals surface area contributed by atoms with Crippen molar-refractivity contribution in [1.82, 2.24) is 9.80 Å². The molecule has 2 fully saturated rings. The van der Waals surface area contributed by atoms with Crippen LogP contribution in [0.1, 0.15) is 17.3 Å². The number of piperazine rings is 2. The Hall–Kier alpha value is -2.93. The summed E-state index contributed by atoms with van der Waals surface area (Å²) in [4.78, 5) is 32.6. The minimum Gasteiger partial charge on any atom is -0.369 e. The van der Waals surface area contributed by atoms with Crippen LogP contribution in [-0.2, 0) is 4.79 Å². The highest BCUT2D eigenvalue weighted by Gasteiger charge is 2.25. The van der Waals surface area contributed by atoms with E-state index in [4.69, 9.17) is 0 Å². The third kappa shape index (κ3) is 5.05. The Morgan fingerprint density at radius 2 is 1.42 bits per heavy atom. The largest absolute Gasteiger partial charge is 0.369 e. The van der Waals surface area contributed by atoms with Crippen molar-refractivity contribution >= 4 is 23.1 Å². The highest BCUT2D eigenvalue weighted by atomic mass is 19.1. The van der Waals surface area contributed by atoms with Crippen molar-refractivity contribution in [1.29, 1.82) is 0 Å². The molecule has 2 aliphatic rings. The van der Waals surface area contributed by atoms with E-state index in [1.807, 2.05) is 40.1 Å². The van der Waals surface area contributed by atoms with E-state index in [1.54, 1.807) is 19.1 Å². The van der Waals surface area contributed by atoms with E-state index < -0.39 is 0 Å². The van der Waals surface area contributed by atoms with Crippen LogP contribution in [0.5, 0.6) is 0 Å². The summed E-state index contributed by atoms with van der Waals surface area (Å²) < 4.78 is 14.0. The van der Waals surface area contributed by atoms with Crippen molar-refractivity contribution < 1.29 is 14.0 Å². The Labute approximate surface area is 182 Å². The lowest BCUT2D eigenvalue weighted by molar-refractivity contribution is -0.132. The molecule has 0 bridgehead atoms. The summed E-state index contributed by atoms with van der Waals surface area (Å²) >= 11 is 0. The monoisotopic (exact) mass is 424 g/mol. The number of hydrogen-bond donors (Lipinski definition) is 0. The van der Waals surface area contributed by atoms with Gasteiger partial charge in [0.2, 0.25) is 5.91 Å². The zero-order valence-electron chi connectivity index (χ0n) is 18.0. The van der Waals surface area contributed by atoms with Crippen LogP contribution >= 0.6 is 0 Å². The number of para-hydroxylation sites is 1. The molecule has 0 atom stereocenters. The summed E-state index contributed by atoms with van der Waals surface area (Å²) in [5.41, 5.74) is 2.45. The Morgan fingerprint density at radius 3 is 2.03 bits per heavy atom. The summed E-state index contributed by atoms with van der Waals surface area (Å²) in [6.07, 6.45) is 0. The van der Waals surface area contributed by atoms with Gasteiger partial charge in [0.25, 0.3) is 0 Å². The third-order valence-electron chi connectivity index (χ3n) is 6.20. The first-order valence-electron chi connectivity index (χ1n) is 10.9. The van der Waals surface area contributed by atoms with Crippen molar-refractivity contribution in [3.05, 3.63) is 59.9 Å². The minimum atomic E-state index is -0.212. The molecule has 4 rings (SSSR count). The number of hydrogen-bond acceptors (Lipinski definition) is 5. The molecule has 2 heterocycles. The predicted octanol–water partition coefficient (Wildman–Crippen LogP) is 2.50. The van der Waals surface area contributed by atoms with Crippen molar-refractivity contribution in [2.24, 2.45) is 0 Å². The number of Topliss-reactive ketones (excluding diaryl/α,β-unsaturated/α-hetero) is 1. The molecular formula is C24H29FN4O2. The summed E-state index contributed by atoms with van der Waals surface area (Å²) in [6.45, 7) is 7.91. The topological polar surface area (TPSA) is 47.1 Å². The zero-order valence-corrected chi connectivity index (χ0v) is 18.0. The van der Waals surface area contributed by atoms with Crippen molar-refractivity contribution in [2.45, 2.75) is 6.92 Å². The fourth-order valence-corrected chi connectivity index (χ4v) is 4.27. The van der Waals surface area contributed by atoms with Gasteiger partial charge in [0.05, 0.1) is 12.2 Å². The molecule has 0 aliphatic carbocycles. The fraction of sp³-hybridized carbons (Fsp3) is 0.417. The minimum absolute atomic E-state index is 0.0737. The van der Waals surface area contributed by atoms with E-state index in [9.17, 15) is 14.0 Å². The highest BCUT2D eigenvalue weighted by Crippen LogP contribution is 2.21. The van der Waals surface area contributed by atoms with Crippen LogP contribution in [-0.4, -0.2) is 80.4 Å². The average molecular weight is 425 g/mol. The lowest BCUT2D eigenvalue weighted by atomic mass is 10.1. The Morgan fingerprint density at radius 1 is 0.806 bits per heavy atom. The number of anilines is 2. The number of carbonyl (C=O) groups excluding carboxylic acids is 2. The van der Waals surface area contributed by atoms with Gasteiger partial charge in [-0.15, -0.1) is 0 Å². The number of halogens is 1. The van der Waals surface area contributed by atoms with Crippen LogP contribution in [0.2, 0.25) is 0 Å². The standard InChI is InChI=1S/C24H29FN4O2/c1-19(30)20-6-8-21(9-7-20)27-12-10-26(11-13-27)18-24(31)29-16-14-28(15-17-29)23-5-3-2-4-22(23)25/h2-9H,10-18H2,1H3. The SMILES string of the molecule is CC(=O)c1ccc(N2CCN(CC(=O)N3CCN(c4ccccc4F)CC3)CC2)cc1. The van der Waals surface area contributed by atoms with E-state index in [-0.39, 0.29) is 17.5 Å². The maximum absolute atomic E-state index is 14.0. The smallest absolute Gasteiger partial charge is 0.236 e. The lowest BCUT2D eigenvalue weighted by Crippen LogP contribution is -2.54. The molecule has 0 N–H and O–H groups in total.